The lowest BCUT2D eigenvalue weighted by atomic mass is 9.95. The molecule has 0 aliphatic rings. The zero-order valence-electron chi connectivity index (χ0n) is 16.0. The van der Waals surface area contributed by atoms with Crippen molar-refractivity contribution in [3.63, 3.8) is 0 Å². The minimum Gasteiger partial charge on any atom is -0.310 e. The van der Waals surface area contributed by atoms with Gasteiger partial charge in [-0.15, -0.1) is 0 Å². The Morgan fingerprint density at radius 2 is 1.54 bits per heavy atom. The highest BCUT2D eigenvalue weighted by Crippen LogP contribution is 2.27. The maximum Gasteiger partial charge on any atom is 0.232 e. The predicted octanol–water partition coefficient (Wildman–Crippen LogP) is 4.49. The fourth-order valence-electron chi connectivity index (χ4n) is 1.99. The minimum atomic E-state index is -0.576. The van der Waals surface area contributed by atoms with Crippen LogP contribution in [-0.4, -0.2) is 21.8 Å². The Hall–Kier alpha value is -2.02. The highest BCUT2D eigenvalue weighted by atomic mass is 79.9. The van der Waals surface area contributed by atoms with E-state index in [0.717, 1.165) is 10.9 Å². The molecule has 0 atom stereocenters. The zero-order chi connectivity index (χ0) is 19.7. The fourth-order valence-corrected chi connectivity index (χ4v) is 2.34. The van der Waals surface area contributed by atoms with Gasteiger partial charge in [0.25, 0.3) is 0 Å². The van der Waals surface area contributed by atoms with Gasteiger partial charge in [-0.25, -0.2) is 4.98 Å². The van der Waals surface area contributed by atoms with Gasteiger partial charge in [0.1, 0.15) is 5.82 Å². The van der Waals surface area contributed by atoms with Gasteiger partial charge in [-0.3, -0.25) is 14.9 Å². The molecule has 0 saturated heterocycles. The molecule has 2 aromatic rings. The molecule has 26 heavy (non-hydrogen) atoms. The van der Waals surface area contributed by atoms with Crippen LogP contribution >= 0.6 is 15.9 Å². The maximum atomic E-state index is 12.5. The van der Waals surface area contributed by atoms with Gasteiger partial charge in [0.05, 0.1) is 5.52 Å². The average Bonchev–Trinajstić information content (AvgIpc) is 2.52. The summed E-state index contributed by atoms with van der Waals surface area (Å²) in [6.07, 6.45) is 0. The third-order valence-electron chi connectivity index (χ3n) is 3.73. The van der Waals surface area contributed by atoms with Gasteiger partial charge in [-0.1, -0.05) is 63.5 Å². The van der Waals surface area contributed by atoms with Crippen LogP contribution in [0, 0.1) is 10.8 Å². The van der Waals surface area contributed by atoms with E-state index in [0.29, 0.717) is 16.7 Å². The fraction of sp³-hybridized carbons (Fsp3) is 0.474. The lowest BCUT2D eigenvalue weighted by molar-refractivity contribution is -0.123. The first-order valence-corrected chi connectivity index (χ1v) is 9.53. The lowest BCUT2D eigenvalue weighted by Gasteiger charge is -2.20. The Balaban J connectivity index is 2.53. The molecule has 1 aromatic heterocycles. The number of amides is 2. The summed E-state index contributed by atoms with van der Waals surface area (Å²) in [7, 11) is 0. The summed E-state index contributed by atoms with van der Waals surface area (Å²) in [5, 5.41) is 7.01. The largest absolute Gasteiger partial charge is 0.310 e. The number of alkyl halides is 1. The van der Waals surface area contributed by atoms with E-state index in [1.807, 2.05) is 59.7 Å². The van der Waals surface area contributed by atoms with Crippen LogP contribution in [0.2, 0.25) is 0 Å². The molecule has 1 heterocycles. The number of benzene rings is 1. The van der Waals surface area contributed by atoms with E-state index in [4.69, 9.17) is 0 Å². The van der Waals surface area contributed by atoms with Gasteiger partial charge in [0, 0.05) is 21.5 Å². The topological polar surface area (TPSA) is 84.0 Å². The number of hydrogen-bond donors (Lipinski definition) is 2. The quantitative estimate of drug-likeness (QED) is 0.716. The standard InChI is InChI=1S/C19H25BrN4O2/c1-18(2,3)15(25)22-14-12-9-11(10-20)7-8-13(12)21-17(23-14)24-16(26)19(4,5)6/h7-9H,10H2,1-6H3,(H2,21,22,23,24,25,26). The van der Waals surface area contributed by atoms with E-state index in [-0.39, 0.29) is 17.8 Å². The summed E-state index contributed by atoms with van der Waals surface area (Å²) >= 11 is 3.43. The number of halogens is 1. The van der Waals surface area contributed by atoms with Crippen molar-refractivity contribution in [2.75, 3.05) is 10.6 Å². The summed E-state index contributed by atoms with van der Waals surface area (Å²) in [6.45, 7) is 10.9. The summed E-state index contributed by atoms with van der Waals surface area (Å²) in [5.41, 5.74) is 0.545. The summed E-state index contributed by atoms with van der Waals surface area (Å²) in [6, 6.07) is 5.72. The zero-order valence-corrected chi connectivity index (χ0v) is 17.6. The molecule has 0 aliphatic carbocycles. The number of nitrogens with zero attached hydrogens (tertiary/aromatic N) is 2. The molecule has 6 nitrogen and oxygen atoms in total. The van der Waals surface area contributed by atoms with Crippen LogP contribution in [0.4, 0.5) is 11.8 Å². The third-order valence-corrected chi connectivity index (χ3v) is 4.38. The van der Waals surface area contributed by atoms with Crippen molar-refractivity contribution < 1.29 is 9.59 Å². The summed E-state index contributed by atoms with van der Waals surface area (Å²) in [5.74, 6) is 0.215. The molecule has 0 unspecified atom stereocenters. The number of carbonyl (C=O) groups excluding carboxylic acids is 2. The van der Waals surface area contributed by atoms with Crippen LogP contribution in [0.5, 0.6) is 0 Å². The second kappa shape index (κ2) is 7.31. The van der Waals surface area contributed by atoms with Gasteiger partial charge >= 0.3 is 0 Å². The highest BCUT2D eigenvalue weighted by molar-refractivity contribution is 9.08. The van der Waals surface area contributed by atoms with Crippen molar-refractivity contribution >= 4 is 50.4 Å². The molecule has 2 amide bonds. The molecule has 0 saturated carbocycles. The molecule has 0 spiro atoms. The first-order valence-electron chi connectivity index (χ1n) is 8.41. The number of fused-ring (bicyclic) bond motifs is 1. The average molecular weight is 421 g/mol. The van der Waals surface area contributed by atoms with Gasteiger partial charge < -0.3 is 5.32 Å². The van der Waals surface area contributed by atoms with Crippen molar-refractivity contribution in [3.05, 3.63) is 23.8 Å². The molecule has 0 aliphatic heterocycles. The Labute approximate surface area is 162 Å². The van der Waals surface area contributed by atoms with Crippen molar-refractivity contribution in [2.24, 2.45) is 10.8 Å². The first-order chi connectivity index (χ1) is 11.9. The lowest BCUT2D eigenvalue weighted by Crippen LogP contribution is -2.30. The molecule has 0 bridgehead atoms. The molecule has 2 rings (SSSR count). The Kier molecular flexibility index (Phi) is 5.70. The van der Waals surface area contributed by atoms with Crippen LogP contribution in [0.25, 0.3) is 10.9 Å². The van der Waals surface area contributed by atoms with Crippen LogP contribution < -0.4 is 10.6 Å². The van der Waals surface area contributed by atoms with Crippen molar-refractivity contribution in [1.29, 1.82) is 0 Å². The smallest absolute Gasteiger partial charge is 0.232 e. The number of aromatic nitrogens is 2. The molecule has 7 heteroatoms. The molecule has 0 radical (unpaired) electrons. The molecular weight excluding hydrogens is 396 g/mol. The second-order valence-corrected chi connectivity index (χ2v) is 8.85. The van der Waals surface area contributed by atoms with Crippen LogP contribution in [-0.2, 0) is 14.9 Å². The van der Waals surface area contributed by atoms with Gasteiger partial charge in [-0.2, -0.15) is 4.98 Å². The normalized spacial score (nSPS) is 12.1. The summed E-state index contributed by atoms with van der Waals surface area (Å²) < 4.78 is 0. The molecule has 1 aromatic carbocycles. The third kappa shape index (κ3) is 4.78. The molecular formula is C19H25BrN4O2. The predicted molar refractivity (Wildman–Crippen MR) is 108 cm³/mol. The van der Waals surface area contributed by atoms with Crippen LogP contribution in [0.3, 0.4) is 0 Å². The number of rotatable bonds is 3. The van der Waals surface area contributed by atoms with Gasteiger partial charge in [-0.05, 0) is 17.7 Å². The van der Waals surface area contributed by atoms with E-state index in [1.54, 1.807) is 0 Å². The Morgan fingerprint density at radius 1 is 0.962 bits per heavy atom. The van der Waals surface area contributed by atoms with E-state index >= 15 is 0 Å². The van der Waals surface area contributed by atoms with Gasteiger partial charge in [0.15, 0.2) is 0 Å². The monoisotopic (exact) mass is 420 g/mol. The highest BCUT2D eigenvalue weighted by Gasteiger charge is 2.25. The second-order valence-electron chi connectivity index (χ2n) is 8.29. The Bertz CT molecular complexity index is 851. The van der Waals surface area contributed by atoms with Crippen LogP contribution in [0.1, 0.15) is 47.1 Å². The van der Waals surface area contributed by atoms with Crippen molar-refractivity contribution in [2.45, 2.75) is 46.9 Å². The van der Waals surface area contributed by atoms with E-state index in [2.05, 4.69) is 36.5 Å². The first kappa shape index (κ1) is 20.3. The number of carbonyl (C=O) groups is 2. The SMILES string of the molecule is CC(C)(C)C(=O)Nc1nc(NC(=O)C(C)(C)C)c2cc(CBr)ccc2n1. The van der Waals surface area contributed by atoms with E-state index in [1.165, 1.54) is 0 Å². The Morgan fingerprint density at radius 3 is 2.08 bits per heavy atom. The summed E-state index contributed by atoms with van der Waals surface area (Å²) in [4.78, 5) is 33.6. The number of nitrogens with one attached hydrogen (secondary N) is 2. The van der Waals surface area contributed by atoms with Crippen LogP contribution in [0.15, 0.2) is 18.2 Å². The van der Waals surface area contributed by atoms with Crippen molar-refractivity contribution in [1.82, 2.24) is 9.97 Å². The minimum absolute atomic E-state index is 0.158. The number of hydrogen-bond acceptors (Lipinski definition) is 4. The number of anilines is 2. The van der Waals surface area contributed by atoms with E-state index < -0.39 is 10.8 Å². The molecule has 0 fully saturated rings. The maximum absolute atomic E-state index is 12.5. The molecule has 2 N–H and O–H groups in total. The van der Waals surface area contributed by atoms with Gasteiger partial charge in [0.2, 0.25) is 17.8 Å². The molecule has 140 valence electrons. The van der Waals surface area contributed by atoms with Crippen molar-refractivity contribution in [3.8, 4) is 0 Å². The van der Waals surface area contributed by atoms with E-state index in [9.17, 15) is 9.59 Å².